The van der Waals surface area contributed by atoms with Gasteiger partial charge < -0.3 is 49.1 Å². The Bertz CT molecular complexity index is 1880. The predicted octanol–water partition coefficient (Wildman–Crippen LogP) is 3.17. The standard InChI is InChI=1S/C50H74N2O11.Na/c1-11-36(46(56)57)38-19-14-28(4)43(60-38)32(8)41(53)31(7)42(54)37(12-2)44-29(5)26-30(6)49(61-44)23-20-39(52-45(55)35-17-15-34(27-51)16-18-35)50(63-49)25-24-47(10,62-50)40-21-22-48(58,13-3)33(9)59-40;/h15-18,20,23,28-33,36-41,43-44,53,58H,11-14,19,21-22,24-26H2,1-10H3,(H,52,55)(H,56,57);/q;+1/p-1/t28-,29-,30+,31-,32-,33-,36+,37-,38+,39-,40+,41+,43+,44-,47-,48+,49-,50-;/m0./s1. The minimum atomic E-state index is -1.40. The third-order valence-electron chi connectivity index (χ3n) is 16.0. The van der Waals surface area contributed by atoms with Gasteiger partial charge in [0.15, 0.2) is 11.6 Å². The van der Waals surface area contributed by atoms with E-state index in [0.29, 0.717) is 68.9 Å². The molecule has 0 radical (unpaired) electrons. The van der Waals surface area contributed by atoms with Crippen LogP contribution in [0, 0.1) is 52.8 Å². The van der Waals surface area contributed by atoms with Crippen LogP contribution in [0.25, 0.3) is 0 Å². The van der Waals surface area contributed by atoms with Gasteiger partial charge in [0, 0.05) is 47.5 Å². The first-order valence-electron chi connectivity index (χ1n) is 23.7. The van der Waals surface area contributed by atoms with Crippen LogP contribution in [0.5, 0.6) is 0 Å². The SMILES string of the molecule is CC[C@@H](C(=O)[C@@H](C)[C@@H](O)[C@H](C)[C@@H]1O[C@@H]([C@@H](CC)C(=O)[O-])CC[C@@H]1C)[C@H]1O[C@]2(C=C[C@H](NC(=O)c3ccc(C#N)cc3)[C@]3(CC[C@@](C)([C@H]4CC[C@](O)(CC)[C@H](C)O4)O3)O2)[C@H](C)C[C@@H]1C.[Na+]. The molecule has 0 aliphatic carbocycles. The largest absolute Gasteiger partial charge is 1.00 e. The first-order valence-corrected chi connectivity index (χ1v) is 23.7. The minimum Gasteiger partial charge on any atom is -0.550 e. The van der Waals surface area contributed by atoms with Crippen LogP contribution in [-0.2, 0) is 33.3 Å². The number of benzene rings is 1. The number of ether oxygens (including phenoxy) is 5. The number of nitrogens with one attached hydrogen (secondary N) is 1. The molecule has 3 N–H and O–H groups in total. The number of aliphatic hydroxyl groups is 2. The monoisotopic (exact) mass is 901 g/mol. The van der Waals surface area contributed by atoms with Crippen LogP contribution >= 0.6 is 0 Å². The van der Waals surface area contributed by atoms with Gasteiger partial charge in [-0.25, -0.2) is 0 Å². The van der Waals surface area contributed by atoms with E-state index in [-0.39, 0.29) is 65.1 Å². The van der Waals surface area contributed by atoms with E-state index in [9.17, 15) is 35.0 Å². The molecule has 5 aliphatic heterocycles. The number of aliphatic hydroxyl groups excluding tert-OH is 1. The Kier molecular flexibility index (Phi) is 17.3. The Morgan fingerprint density at radius 1 is 0.922 bits per heavy atom. The number of hydrogen-bond donors (Lipinski definition) is 3. The molecule has 4 saturated heterocycles. The van der Waals surface area contributed by atoms with Crippen molar-refractivity contribution in [3.8, 4) is 6.07 Å². The molecule has 0 aromatic heterocycles. The van der Waals surface area contributed by atoms with E-state index in [4.69, 9.17) is 23.7 Å². The van der Waals surface area contributed by atoms with E-state index < -0.39 is 89.0 Å². The summed E-state index contributed by atoms with van der Waals surface area (Å²) < 4.78 is 34.5. The van der Waals surface area contributed by atoms with Crippen LogP contribution in [0.4, 0.5) is 0 Å². The van der Waals surface area contributed by atoms with E-state index in [1.54, 1.807) is 31.2 Å². The second-order valence-electron chi connectivity index (χ2n) is 20.1. The molecule has 0 bridgehead atoms. The maximum Gasteiger partial charge on any atom is 1.00 e. The van der Waals surface area contributed by atoms with Crippen molar-refractivity contribution in [2.24, 2.45) is 41.4 Å². The molecule has 1 aromatic carbocycles. The molecule has 4 fully saturated rings. The second kappa shape index (κ2) is 21.0. The van der Waals surface area contributed by atoms with Crippen LogP contribution in [0.1, 0.15) is 149 Å². The average molecular weight is 901 g/mol. The second-order valence-corrected chi connectivity index (χ2v) is 20.1. The van der Waals surface area contributed by atoms with Gasteiger partial charge in [0.2, 0.25) is 0 Å². The average Bonchev–Trinajstić information content (AvgIpc) is 3.61. The zero-order valence-corrected chi connectivity index (χ0v) is 42.1. The molecule has 14 heteroatoms. The Morgan fingerprint density at radius 3 is 2.19 bits per heavy atom. The summed E-state index contributed by atoms with van der Waals surface area (Å²) in [6.45, 7) is 19.4. The molecular formula is C50H73N2NaO11. The van der Waals surface area contributed by atoms with Gasteiger partial charge in [0.1, 0.15) is 11.8 Å². The van der Waals surface area contributed by atoms with Gasteiger partial charge in [-0.15, -0.1) is 0 Å². The molecule has 6 rings (SSSR count). The molecule has 350 valence electrons. The summed E-state index contributed by atoms with van der Waals surface area (Å²) in [5.41, 5.74) is -0.966. The Morgan fingerprint density at radius 2 is 1.59 bits per heavy atom. The van der Waals surface area contributed by atoms with Gasteiger partial charge in [-0.05, 0) is 114 Å². The molecule has 5 aliphatic rings. The van der Waals surface area contributed by atoms with Crippen molar-refractivity contribution in [1.82, 2.24) is 5.32 Å². The van der Waals surface area contributed by atoms with E-state index >= 15 is 0 Å². The molecule has 1 amide bonds. The summed E-state index contributed by atoms with van der Waals surface area (Å²) in [4.78, 5) is 40.5. The summed E-state index contributed by atoms with van der Waals surface area (Å²) in [6.07, 6.45) is 5.85. The van der Waals surface area contributed by atoms with E-state index in [0.717, 1.165) is 6.42 Å². The zero-order chi connectivity index (χ0) is 46.2. The van der Waals surface area contributed by atoms with Crippen LogP contribution in [0.15, 0.2) is 36.4 Å². The van der Waals surface area contributed by atoms with E-state index in [1.807, 2.05) is 60.6 Å². The first kappa shape index (κ1) is 52.7. The summed E-state index contributed by atoms with van der Waals surface area (Å²) in [5.74, 6) is -7.08. The number of ketones is 1. The van der Waals surface area contributed by atoms with Gasteiger partial charge >= 0.3 is 29.6 Å². The normalized spacial score (nSPS) is 39.8. The Balaban J connectivity index is 0.00000771. The Labute approximate surface area is 403 Å². The maximum atomic E-state index is 14.7. The molecule has 18 atom stereocenters. The molecular weight excluding hydrogens is 828 g/mol. The zero-order valence-electron chi connectivity index (χ0n) is 40.1. The minimum absolute atomic E-state index is 0. The van der Waals surface area contributed by atoms with Gasteiger partial charge in [0.25, 0.3) is 5.91 Å². The number of carboxylic acid groups (broad SMARTS) is 1. The number of rotatable bonds is 14. The van der Waals surface area contributed by atoms with Crippen molar-refractivity contribution in [1.29, 1.82) is 5.26 Å². The van der Waals surface area contributed by atoms with Crippen molar-refractivity contribution in [2.45, 2.75) is 199 Å². The van der Waals surface area contributed by atoms with E-state index in [2.05, 4.69) is 25.2 Å². The van der Waals surface area contributed by atoms with Crippen LogP contribution in [0.3, 0.4) is 0 Å². The van der Waals surface area contributed by atoms with Crippen molar-refractivity contribution in [2.75, 3.05) is 0 Å². The quantitative estimate of drug-likeness (QED) is 0.183. The van der Waals surface area contributed by atoms with Gasteiger partial charge in [-0.3, -0.25) is 9.59 Å². The van der Waals surface area contributed by atoms with Crippen LogP contribution < -0.4 is 40.0 Å². The number of nitriles is 1. The fourth-order valence-electron chi connectivity index (χ4n) is 11.6. The number of aliphatic carboxylic acids is 1. The molecule has 0 saturated carbocycles. The van der Waals surface area contributed by atoms with Gasteiger partial charge in [-0.1, -0.05) is 61.5 Å². The molecule has 2 spiro atoms. The summed E-state index contributed by atoms with van der Waals surface area (Å²) in [6, 6.07) is 7.75. The smallest absolute Gasteiger partial charge is 0.550 e. The number of amides is 1. The van der Waals surface area contributed by atoms with Crippen molar-refractivity contribution in [3.63, 3.8) is 0 Å². The molecule has 0 unspecified atom stereocenters. The first-order chi connectivity index (χ1) is 29.7. The topological polar surface area (TPSA) is 197 Å². The number of hydrogen-bond acceptors (Lipinski definition) is 12. The third kappa shape index (κ3) is 10.3. The predicted molar refractivity (Wildman–Crippen MR) is 232 cm³/mol. The number of carboxylic acids is 1. The van der Waals surface area contributed by atoms with Gasteiger partial charge in [-0.2, -0.15) is 5.26 Å². The maximum absolute atomic E-state index is 14.7. The molecule has 13 nitrogen and oxygen atoms in total. The summed E-state index contributed by atoms with van der Waals surface area (Å²) in [5, 5.41) is 47.5. The van der Waals surface area contributed by atoms with E-state index in [1.165, 1.54) is 0 Å². The number of Topliss-reactive ketones (excluding diaryl/α,β-unsaturated/α-hetero) is 1. The molecule has 1 aromatic rings. The number of nitrogens with zero attached hydrogens (tertiary/aromatic N) is 1. The number of carbonyl (C=O) groups excluding carboxylic acids is 3. The number of carbonyl (C=O) groups is 3. The third-order valence-corrected chi connectivity index (χ3v) is 16.0. The van der Waals surface area contributed by atoms with Crippen molar-refractivity contribution >= 4 is 17.7 Å². The van der Waals surface area contributed by atoms with Gasteiger partial charge in [0.05, 0.1) is 59.5 Å². The van der Waals surface area contributed by atoms with Crippen molar-refractivity contribution in [3.05, 3.63) is 47.5 Å². The van der Waals surface area contributed by atoms with Crippen molar-refractivity contribution < 1.29 is 82.9 Å². The fraction of sp³-hybridized carbons (Fsp3) is 0.760. The molecule has 5 heterocycles. The summed E-state index contributed by atoms with van der Waals surface area (Å²) >= 11 is 0. The van der Waals surface area contributed by atoms with Crippen LogP contribution in [0.2, 0.25) is 0 Å². The van der Waals surface area contributed by atoms with Crippen LogP contribution in [-0.4, -0.2) is 93.3 Å². The molecule has 64 heavy (non-hydrogen) atoms. The Hall–Kier alpha value is -2.22. The summed E-state index contributed by atoms with van der Waals surface area (Å²) in [7, 11) is 0. The fourth-order valence-corrected chi connectivity index (χ4v) is 11.6.